The Morgan fingerprint density at radius 2 is 1.70 bits per heavy atom. The summed E-state index contributed by atoms with van der Waals surface area (Å²) in [4.78, 5) is 13.1. The molecule has 7 heteroatoms. The normalized spacial score (nSPS) is 15.1. The molecule has 0 saturated heterocycles. The number of allylic oxidation sites excluding steroid dienone is 1. The lowest BCUT2D eigenvalue weighted by molar-refractivity contribution is 0.282. The molecular formula is C26H17ClN2O4. The molecule has 4 aromatic rings. The Morgan fingerprint density at radius 3 is 2.33 bits per heavy atom. The third-order valence-electron chi connectivity index (χ3n) is 5.74. The van der Waals surface area contributed by atoms with Crippen LogP contribution in [-0.4, -0.2) is 5.11 Å². The van der Waals surface area contributed by atoms with Crippen LogP contribution < -0.4 is 16.1 Å². The first-order valence-electron chi connectivity index (χ1n) is 10.1. The number of hydrogen-bond acceptors (Lipinski definition) is 6. The molecule has 0 bridgehead atoms. The van der Waals surface area contributed by atoms with Gasteiger partial charge in [0.15, 0.2) is 5.75 Å². The average Bonchev–Trinajstić information content (AvgIpc) is 2.83. The Hall–Kier alpha value is -4.05. The van der Waals surface area contributed by atoms with Gasteiger partial charge in [-0.2, -0.15) is 5.26 Å². The van der Waals surface area contributed by atoms with Crippen LogP contribution in [0.5, 0.6) is 5.75 Å². The highest BCUT2D eigenvalue weighted by atomic mass is 35.5. The first-order valence-corrected chi connectivity index (χ1v) is 10.5. The second-order valence-electron chi connectivity index (χ2n) is 7.67. The van der Waals surface area contributed by atoms with Gasteiger partial charge < -0.3 is 20.0 Å². The van der Waals surface area contributed by atoms with Crippen LogP contribution in [0.3, 0.4) is 0 Å². The molecule has 0 spiro atoms. The van der Waals surface area contributed by atoms with Gasteiger partial charge in [-0.25, -0.2) is 4.79 Å². The van der Waals surface area contributed by atoms with Gasteiger partial charge in [0.25, 0.3) is 0 Å². The largest absolute Gasteiger partial charge is 0.439 e. The van der Waals surface area contributed by atoms with E-state index in [9.17, 15) is 15.2 Å². The van der Waals surface area contributed by atoms with Crippen LogP contribution in [0.4, 0.5) is 0 Å². The molecule has 33 heavy (non-hydrogen) atoms. The number of nitrogens with zero attached hydrogens (tertiary/aromatic N) is 1. The number of rotatable bonds is 3. The average molecular weight is 457 g/mol. The van der Waals surface area contributed by atoms with Gasteiger partial charge in [0.2, 0.25) is 5.88 Å². The fraction of sp³-hybridized carbons (Fsp3) is 0.0769. The number of aliphatic hydroxyl groups excluding tert-OH is 1. The smallest absolute Gasteiger partial charge is 0.344 e. The molecule has 1 atom stereocenters. The van der Waals surface area contributed by atoms with Gasteiger partial charge in [-0.05, 0) is 46.5 Å². The van der Waals surface area contributed by atoms with Crippen molar-refractivity contribution >= 4 is 22.6 Å². The van der Waals surface area contributed by atoms with E-state index in [4.69, 9.17) is 26.5 Å². The zero-order chi connectivity index (χ0) is 23.1. The molecule has 3 aromatic carbocycles. The number of nitriles is 1. The van der Waals surface area contributed by atoms with Crippen LogP contribution in [0.2, 0.25) is 5.02 Å². The molecule has 1 aliphatic rings. The van der Waals surface area contributed by atoms with Gasteiger partial charge in [0, 0.05) is 5.02 Å². The summed E-state index contributed by atoms with van der Waals surface area (Å²) < 4.78 is 11.3. The molecule has 0 saturated carbocycles. The first kappa shape index (κ1) is 20.8. The van der Waals surface area contributed by atoms with E-state index in [2.05, 4.69) is 6.07 Å². The highest BCUT2D eigenvalue weighted by Crippen LogP contribution is 2.43. The van der Waals surface area contributed by atoms with Crippen LogP contribution in [0.15, 0.2) is 87.4 Å². The molecule has 5 rings (SSSR count). The number of hydrogen-bond donors (Lipinski definition) is 2. The lowest BCUT2D eigenvalue weighted by Crippen LogP contribution is -2.26. The third-order valence-corrected chi connectivity index (χ3v) is 5.99. The number of benzene rings is 3. The van der Waals surface area contributed by atoms with Crippen molar-refractivity contribution in [2.75, 3.05) is 0 Å². The molecule has 0 aliphatic carbocycles. The molecule has 1 unspecified atom stereocenters. The second kappa shape index (κ2) is 8.14. The maximum absolute atomic E-state index is 13.1. The van der Waals surface area contributed by atoms with E-state index in [-0.39, 0.29) is 35.0 Å². The Labute approximate surface area is 193 Å². The van der Waals surface area contributed by atoms with Crippen molar-refractivity contribution in [2.24, 2.45) is 5.73 Å². The summed E-state index contributed by atoms with van der Waals surface area (Å²) in [6, 6.07) is 22.1. The zero-order valence-electron chi connectivity index (χ0n) is 17.2. The topological polar surface area (TPSA) is 109 Å². The Bertz CT molecular complexity index is 1510. The summed E-state index contributed by atoms with van der Waals surface area (Å²) >= 11 is 5.98. The van der Waals surface area contributed by atoms with E-state index in [0.717, 1.165) is 11.1 Å². The quantitative estimate of drug-likeness (QED) is 0.427. The van der Waals surface area contributed by atoms with E-state index >= 15 is 0 Å². The van der Waals surface area contributed by atoms with Crippen LogP contribution >= 0.6 is 11.6 Å². The molecule has 162 valence electrons. The van der Waals surface area contributed by atoms with E-state index in [1.165, 1.54) is 0 Å². The maximum Gasteiger partial charge on any atom is 0.344 e. The molecule has 0 amide bonds. The van der Waals surface area contributed by atoms with Crippen LogP contribution in [0.1, 0.15) is 22.6 Å². The monoisotopic (exact) mass is 456 g/mol. The predicted octanol–water partition coefficient (Wildman–Crippen LogP) is 4.82. The summed E-state index contributed by atoms with van der Waals surface area (Å²) in [6.45, 7) is -0.194. The van der Waals surface area contributed by atoms with Crippen molar-refractivity contribution in [1.29, 1.82) is 5.26 Å². The molecular weight excluding hydrogens is 440 g/mol. The standard InChI is InChI=1S/C26H17ClN2O4/c27-18-8-6-16(7-9-18)15-2-4-17(5-3-15)22-20(12-28)25(29)33-24-19-10-1-14(13-30)11-21(19)32-26(31)23(22)24/h1-11,22,30H,13,29H2. The van der Waals surface area contributed by atoms with Gasteiger partial charge in [-0.1, -0.05) is 54.1 Å². The highest BCUT2D eigenvalue weighted by Gasteiger charge is 2.35. The van der Waals surface area contributed by atoms with E-state index in [1.807, 2.05) is 48.5 Å². The third kappa shape index (κ3) is 3.54. The van der Waals surface area contributed by atoms with Crippen molar-refractivity contribution < 1.29 is 14.3 Å². The Kier molecular flexibility index (Phi) is 5.14. The van der Waals surface area contributed by atoms with Crippen molar-refractivity contribution in [1.82, 2.24) is 0 Å². The molecule has 2 heterocycles. The molecule has 1 aromatic heterocycles. The van der Waals surface area contributed by atoms with Crippen LogP contribution in [0.25, 0.3) is 22.1 Å². The van der Waals surface area contributed by atoms with E-state index in [0.29, 0.717) is 21.5 Å². The van der Waals surface area contributed by atoms with Crippen molar-refractivity contribution in [3.63, 3.8) is 0 Å². The number of fused-ring (bicyclic) bond motifs is 3. The number of nitrogens with two attached hydrogens (primary N) is 1. The van der Waals surface area contributed by atoms with Gasteiger partial charge in [0.05, 0.1) is 23.5 Å². The lowest BCUT2D eigenvalue weighted by Gasteiger charge is -2.26. The zero-order valence-corrected chi connectivity index (χ0v) is 18.0. The first-order chi connectivity index (χ1) is 16.0. The molecule has 1 aliphatic heterocycles. The maximum atomic E-state index is 13.1. The summed E-state index contributed by atoms with van der Waals surface area (Å²) in [5.41, 5.74) is 9.36. The number of halogens is 1. The molecule has 0 radical (unpaired) electrons. The Balaban J connectivity index is 1.67. The number of aliphatic hydroxyl groups is 1. The van der Waals surface area contributed by atoms with Crippen molar-refractivity contribution in [2.45, 2.75) is 12.5 Å². The predicted molar refractivity (Wildman–Crippen MR) is 125 cm³/mol. The summed E-state index contributed by atoms with van der Waals surface area (Å²) in [6.07, 6.45) is 0. The second-order valence-corrected chi connectivity index (χ2v) is 8.11. The minimum Gasteiger partial charge on any atom is -0.439 e. The minimum atomic E-state index is -0.740. The van der Waals surface area contributed by atoms with Gasteiger partial charge >= 0.3 is 5.63 Å². The molecule has 0 fully saturated rings. The fourth-order valence-electron chi connectivity index (χ4n) is 4.10. The molecule has 3 N–H and O–H groups in total. The van der Waals surface area contributed by atoms with E-state index < -0.39 is 11.5 Å². The number of ether oxygens (including phenoxy) is 1. The molecule has 6 nitrogen and oxygen atoms in total. The van der Waals surface area contributed by atoms with Crippen LogP contribution in [-0.2, 0) is 6.61 Å². The van der Waals surface area contributed by atoms with Crippen LogP contribution in [0, 0.1) is 11.3 Å². The van der Waals surface area contributed by atoms with E-state index in [1.54, 1.807) is 18.2 Å². The highest BCUT2D eigenvalue weighted by molar-refractivity contribution is 6.30. The summed E-state index contributed by atoms with van der Waals surface area (Å²) in [7, 11) is 0. The minimum absolute atomic E-state index is 0.0603. The fourth-order valence-corrected chi connectivity index (χ4v) is 4.23. The van der Waals surface area contributed by atoms with Crippen molar-refractivity contribution in [3.05, 3.63) is 110 Å². The SMILES string of the molecule is N#CC1=C(N)Oc2c(c(=O)oc3cc(CO)ccc23)C1c1ccc(-c2ccc(Cl)cc2)cc1. The van der Waals surface area contributed by atoms with Crippen molar-refractivity contribution in [3.8, 4) is 22.9 Å². The summed E-state index contributed by atoms with van der Waals surface area (Å²) in [5.74, 6) is -0.542. The summed E-state index contributed by atoms with van der Waals surface area (Å²) in [5, 5.41) is 20.4. The van der Waals surface area contributed by atoms with Gasteiger partial charge in [-0.3, -0.25) is 0 Å². The van der Waals surface area contributed by atoms with Gasteiger partial charge in [-0.15, -0.1) is 0 Å². The van der Waals surface area contributed by atoms with Gasteiger partial charge in [0.1, 0.15) is 17.2 Å². The lowest BCUT2D eigenvalue weighted by atomic mass is 9.83. The Morgan fingerprint density at radius 1 is 1.03 bits per heavy atom.